The maximum absolute atomic E-state index is 10.7. The van der Waals surface area contributed by atoms with E-state index in [1.807, 2.05) is 13.0 Å². The molecule has 0 saturated carbocycles. The highest BCUT2D eigenvalue weighted by Gasteiger charge is 2.18. The third kappa shape index (κ3) is 3.31. The standard InChI is InChI=1S/C13H16BrNO3/c1-10(15-4-6-17-7-5-15)18-13-3-2-11(9-16)8-12(13)14/h2-3,8-10H,4-7H2,1H3. The maximum atomic E-state index is 10.7. The molecule has 1 heterocycles. The van der Waals surface area contributed by atoms with Gasteiger partial charge in [0.05, 0.1) is 17.7 Å². The smallest absolute Gasteiger partial charge is 0.150 e. The zero-order chi connectivity index (χ0) is 13.0. The van der Waals surface area contributed by atoms with Gasteiger partial charge in [-0.2, -0.15) is 0 Å². The number of halogens is 1. The number of morpholine rings is 1. The summed E-state index contributed by atoms with van der Waals surface area (Å²) in [5, 5.41) is 0. The highest BCUT2D eigenvalue weighted by atomic mass is 79.9. The minimum absolute atomic E-state index is 0.00715. The van der Waals surface area contributed by atoms with E-state index in [1.54, 1.807) is 12.1 Å². The molecular formula is C13H16BrNO3. The van der Waals surface area contributed by atoms with Gasteiger partial charge in [-0.3, -0.25) is 9.69 Å². The number of rotatable bonds is 4. The Morgan fingerprint density at radius 1 is 1.44 bits per heavy atom. The molecule has 0 radical (unpaired) electrons. The van der Waals surface area contributed by atoms with Crippen molar-refractivity contribution in [2.24, 2.45) is 0 Å². The van der Waals surface area contributed by atoms with E-state index >= 15 is 0 Å². The Kier molecular flexibility index (Phi) is 4.74. The summed E-state index contributed by atoms with van der Waals surface area (Å²) in [6, 6.07) is 5.32. The Labute approximate surface area is 115 Å². The molecule has 5 heteroatoms. The summed E-state index contributed by atoms with van der Waals surface area (Å²) < 4.78 is 12.0. The summed E-state index contributed by atoms with van der Waals surface area (Å²) in [6.07, 6.45) is 0.812. The molecule has 1 fully saturated rings. The molecule has 0 spiro atoms. The predicted molar refractivity (Wildman–Crippen MR) is 72.0 cm³/mol. The van der Waals surface area contributed by atoms with Gasteiger partial charge < -0.3 is 9.47 Å². The summed E-state index contributed by atoms with van der Waals surface area (Å²) in [6.45, 7) is 5.28. The number of hydrogen-bond acceptors (Lipinski definition) is 4. The van der Waals surface area contributed by atoms with Gasteiger partial charge in [0.25, 0.3) is 0 Å². The largest absolute Gasteiger partial charge is 0.474 e. The normalized spacial score (nSPS) is 18.3. The zero-order valence-electron chi connectivity index (χ0n) is 10.3. The quantitative estimate of drug-likeness (QED) is 0.800. The van der Waals surface area contributed by atoms with Gasteiger partial charge in [0.15, 0.2) is 0 Å². The average Bonchev–Trinajstić information content (AvgIpc) is 2.42. The third-order valence-corrected chi connectivity index (χ3v) is 3.57. The number of benzene rings is 1. The highest BCUT2D eigenvalue weighted by Crippen LogP contribution is 2.27. The lowest BCUT2D eigenvalue weighted by Gasteiger charge is -2.32. The van der Waals surface area contributed by atoms with Crippen LogP contribution in [0, 0.1) is 0 Å². The molecular weight excluding hydrogens is 298 g/mol. The van der Waals surface area contributed by atoms with Crippen molar-refractivity contribution in [3.05, 3.63) is 28.2 Å². The van der Waals surface area contributed by atoms with Crippen LogP contribution in [0.2, 0.25) is 0 Å². The zero-order valence-corrected chi connectivity index (χ0v) is 11.9. The number of ether oxygens (including phenoxy) is 2. The van der Waals surface area contributed by atoms with E-state index in [-0.39, 0.29) is 6.23 Å². The Morgan fingerprint density at radius 2 is 2.17 bits per heavy atom. The van der Waals surface area contributed by atoms with Gasteiger partial charge >= 0.3 is 0 Å². The molecule has 0 aromatic heterocycles. The fourth-order valence-corrected chi connectivity index (χ4v) is 2.38. The van der Waals surface area contributed by atoms with E-state index in [2.05, 4.69) is 20.8 Å². The molecule has 1 saturated heterocycles. The number of nitrogens with zero attached hydrogens (tertiary/aromatic N) is 1. The minimum atomic E-state index is -0.00715. The van der Waals surface area contributed by atoms with Crippen LogP contribution in [0.25, 0.3) is 0 Å². The molecule has 0 bridgehead atoms. The van der Waals surface area contributed by atoms with E-state index in [9.17, 15) is 4.79 Å². The van der Waals surface area contributed by atoms with Crippen molar-refractivity contribution in [1.82, 2.24) is 4.90 Å². The van der Waals surface area contributed by atoms with Gasteiger partial charge in [0.1, 0.15) is 18.3 Å². The van der Waals surface area contributed by atoms with Crippen LogP contribution in [0.1, 0.15) is 17.3 Å². The number of carbonyl (C=O) groups is 1. The lowest BCUT2D eigenvalue weighted by molar-refractivity contribution is -0.0375. The van der Waals surface area contributed by atoms with Crippen LogP contribution in [0.4, 0.5) is 0 Å². The Hall–Kier alpha value is -0.910. The second-order valence-electron chi connectivity index (χ2n) is 4.17. The molecule has 2 rings (SSSR count). The van der Waals surface area contributed by atoms with Crippen LogP contribution in [0.5, 0.6) is 5.75 Å². The molecule has 0 aliphatic carbocycles. The van der Waals surface area contributed by atoms with E-state index in [4.69, 9.17) is 9.47 Å². The highest BCUT2D eigenvalue weighted by molar-refractivity contribution is 9.10. The maximum Gasteiger partial charge on any atom is 0.150 e. The molecule has 0 N–H and O–H groups in total. The molecule has 4 nitrogen and oxygen atoms in total. The van der Waals surface area contributed by atoms with Gasteiger partial charge in [-0.05, 0) is 41.1 Å². The molecule has 18 heavy (non-hydrogen) atoms. The molecule has 1 aromatic rings. The van der Waals surface area contributed by atoms with E-state index < -0.39 is 0 Å². The van der Waals surface area contributed by atoms with Crippen molar-refractivity contribution >= 4 is 22.2 Å². The summed E-state index contributed by atoms with van der Waals surface area (Å²) in [4.78, 5) is 12.9. The van der Waals surface area contributed by atoms with E-state index in [0.29, 0.717) is 5.56 Å². The fourth-order valence-electron chi connectivity index (χ4n) is 1.89. The molecule has 0 amide bonds. The second kappa shape index (κ2) is 6.31. The lowest BCUT2D eigenvalue weighted by atomic mass is 10.2. The van der Waals surface area contributed by atoms with E-state index in [0.717, 1.165) is 42.8 Å². The van der Waals surface area contributed by atoms with Gasteiger partial charge in [-0.1, -0.05) is 0 Å². The Morgan fingerprint density at radius 3 is 2.78 bits per heavy atom. The number of hydrogen-bond donors (Lipinski definition) is 0. The van der Waals surface area contributed by atoms with Crippen molar-refractivity contribution < 1.29 is 14.3 Å². The van der Waals surface area contributed by atoms with Crippen LogP contribution in [0.3, 0.4) is 0 Å². The molecule has 1 aliphatic rings. The second-order valence-corrected chi connectivity index (χ2v) is 5.03. The first kappa shape index (κ1) is 13.5. The van der Waals surface area contributed by atoms with Crippen LogP contribution < -0.4 is 4.74 Å². The van der Waals surface area contributed by atoms with Crippen molar-refractivity contribution in [3.8, 4) is 5.75 Å². The fraction of sp³-hybridized carbons (Fsp3) is 0.462. The molecule has 1 aliphatic heterocycles. The SMILES string of the molecule is CC(Oc1ccc(C=O)cc1Br)N1CCOCC1. The van der Waals surface area contributed by atoms with Crippen molar-refractivity contribution in [2.45, 2.75) is 13.2 Å². The third-order valence-electron chi connectivity index (χ3n) is 2.95. The van der Waals surface area contributed by atoms with Gasteiger partial charge in [-0.25, -0.2) is 0 Å². The molecule has 1 unspecified atom stereocenters. The van der Waals surface area contributed by atoms with Crippen molar-refractivity contribution in [2.75, 3.05) is 26.3 Å². The van der Waals surface area contributed by atoms with Crippen LogP contribution in [0.15, 0.2) is 22.7 Å². The summed E-state index contributed by atoms with van der Waals surface area (Å²) >= 11 is 3.41. The first-order chi connectivity index (χ1) is 8.70. The first-order valence-electron chi connectivity index (χ1n) is 5.94. The lowest BCUT2D eigenvalue weighted by Crippen LogP contribution is -2.44. The topological polar surface area (TPSA) is 38.8 Å². The van der Waals surface area contributed by atoms with Crippen molar-refractivity contribution in [3.63, 3.8) is 0 Å². The molecule has 1 aromatic carbocycles. The van der Waals surface area contributed by atoms with Gasteiger partial charge in [0, 0.05) is 18.7 Å². The molecule has 1 atom stereocenters. The van der Waals surface area contributed by atoms with Crippen LogP contribution in [-0.4, -0.2) is 43.7 Å². The van der Waals surface area contributed by atoms with Crippen LogP contribution >= 0.6 is 15.9 Å². The summed E-state index contributed by atoms with van der Waals surface area (Å²) in [5.41, 5.74) is 0.633. The summed E-state index contributed by atoms with van der Waals surface area (Å²) in [7, 11) is 0. The first-order valence-corrected chi connectivity index (χ1v) is 6.73. The molecule has 98 valence electrons. The average molecular weight is 314 g/mol. The van der Waals surface area contributed by atoms with Crippen LogP contribution in [-0.2, 0) is 4.74 Å². The van der Waals surface area contributed by atoms with Gasteiger partial charge in [0.2, 0.25) is 0 Å². The Bertz CT molecular complexity index is 419. The number of aldehydes is 1. The van der Waals surface area contributed by atoms with Crippen molar-refractivity contribution in [1.29, 1.82) is 0 Å². The monoisotopic (exact) mass is 313 g/mol. The minimum Gasteiger partial charge on any atom is -0.474 e. The van der Waals surface area contributed by atoms with Gasteiger partial charge in [-0.15, -0.1) is 0 Å². The number of carbonyl (C=O) groups excluding carboxylic acids is 1. The summed E-state index contributed by atoms with van der Waals surface area (Å²) in [5.74, 6) is 0.750. The van der Waals surface area contributed by atoms with E-state index in [1.165, 1.54) is 0 Å². The predicted octanol–water partition coefficient (Wildman–Crippen LogP) is 2.32. The Balaban J connectivity index is 2.01.